The molecule has 0 saturated heterocycles. The number of hydrogen-bond acceptors (Lipinski definition) is 2. The summed E-state index contributed by atoms with van der Waals surface area (Å²) in [6.45, 7) is 2.22. The number of hydrogen-bond donors (Lipinski definition) is 1. The van der Waals surface area contributed by atoms with Gasteiger partial charge < -0.3 is 9.67 Å². The Morgan fingerprint density at radius 2 is 2.19 bits per heavy atom. The summed E-state index contributed by atoms with van der Waals surface area (Å²) in [5, 5.41) is 9.59. The minimum absolute atomic E-state index is 0.113. The van der Waals surface area contributed by atoms with E-state index in [2.05, 4.69) is 16.5 Å². The second-order valence-electron chi connectivity index (χ2n) is 6.73. The third kappa shape index (κ3) is 2.85. The lowest BCUT2D eigenvalue weighted by Crippen LogP contribution is -2.33. The van der Waals surface area contributed by atoms with Crippen LogP contribution in [0.3, 0.4) is 0 Å². The molecule has 116 valence electrons. The molecular formula is C17H26N2O2. The number of fused-ring (bicyclic) bond motifs is 1. The van der Waals surface area contributed by atoms with E-state index in [-0.39, 0.29) is 12.0 Å². The number of rotatable bonds is 4. The molecule has 3 atom stereocenters. The fraction of sp³-hybridized carbons (Fsp3) is 0.765. The summed E-state index contributed by atoms with van der Waals surface area (Å²) < 4.78 is 2.23. The number of aryl methyl sites for hydroxylation is 1. The molecular weight excluding hydrogens is 264 g/mol. The van der Waals surface area contributed by atoms with E-state index in [9.17, 15) is 9.90 Å². The van der Waals surface area contributed by atoms with E-state index in [4.69, 9.17) is 0 Å². The smallest absolute Gasteiger partial charge is 0.308 e. The van der Waals surface area contributed by atoms with Crippen LogP contribution in [-0.2, 0) is 17.6 Å². The number of aromatic nitrogens is 2. The maximum Gasteiger partial charge on any atom is 0.308 e. The Morgan fingerprint density at radius 1 is 1.38 bits per heavy atom. The maximum atomic E-state index is 11.7. The fourth-order valence-corrected chi connectivity index (χ4v) is 4.28. The highest BCUT2D eigenvalue weighted by Crippen LogP contribution is 2.41. The molecule has 0 radical (unpaired) electrons. The minimum atomic E-state index is -0.631. The third-order valence-corrected chi connectivity index (χ3v) is 5.36. The van der Waals surface area contributed by atoms with Crippen LogP contribution in [0, 0.1) is 11.8 Å². The molecule has 0 aromatic carbocycles. The van der Waals surface area contributed by atoms with Gasteiger partial charge in [-0.3, -0.25) is 4.79 Å². The van der Waals surface area contributed by atoms with E-state index in [0.717, 1.165) is 32.1 Å². The normalized spacial score (nSPS) is 29.1. The summed E-state index contributed by atoms with van der Waals surface area (Å²) in [4.78, 5) is 16.2. The lowest BCUT2D eigenvalue weighted by Gasteiger charge is -2.36. The average molecular weight is 290 g/mol. The van der Waals surface area contributed by atoms with E-state index in [1.165, 1.54) is 37.1 Å². The Hall–Kier alpha value is -1.32. The lowest BCUT2D eigenvalue weighted by atomic mass is 9.76. The van der Waals surface area contributed by atoms with Crippen LogP contribution < -0.4 is 0 Å². The summed E-state index contributed by atoms with van der Waals surface area (Å²) in [6.07, 6.45) is 11.8. The first kappa shape index (κ1) is 14.6. The molecule has 1 fully saturated rings. The third-order valence-electron chi connectivity index (χ3n) is 5.36. The van der Waals surface area contributed by atoms with Crippen molar-refractivity contribution in [3.8, 4) is 0 Å². The SMILES string of the molecule is CCCC1CCC(C(=O)O)C(n2cnc3c2CCCC3)C1. The Kier molecular flexibility index (Phi) is 4.32. The molecule has 2 aliphatic rings. The molecule has 1 heterocycles. The van der Waals surface area contributed by atoms with Crippen LogP contribution in [0.25, 0.3) is 0 Å². The molecule has 1 N–H and O–H groups in total. The topological polar surface area (TPSA) is 55.1 Å². The minimum Gasteiger partial charge on any atom is -0.481 e. The van der Waals surface area contributed by atoms with Crippen LogP contribution in [0.5, 0.6) is 0 Å². The summed E-state index contributed by atoms with van der Waals surface area (Å²) >= 11 is 0. The van der Waals surface area contributed by atoms with Gasteiger partial charge in [0.05, 0.1) is 17.9 Å². The first-order valence-electron chi connectivity index (χ1n) is 8.48. The molecule has 21 heavy (non-hydrogen) atoms. The molecule has 2 aliphatic carbocycles. The van der Waals surface area contributed by atoms with Crippen molar-refractivity contribution >= 4 is 5.97 Å². The van der Waals surface area contributed by atoms with Gasteiger partial charge in [0.2, 0.25) is 0 Å². The zero-order chi connectivity index (χ0) is 14.8. The lowest BCUT2D eigenvalue weighted by molar-refractivity contribution is -0.145. The summed E-state index contributed by atoms with van der Waals surface area (Å²) in [6, 6.07) is 0.113. The number of carboxylic acids is 1. The van der Waals surface area contributed by atoms with Gasteiger partial charge in [0.1, 0.15) is 0 Å². The van der Waals surface area contributed by atoms with Crippen molar-refractivity contribution in [2.75, 3.05) is 0 Å². The molecule has 0 bridgehead atoms. The quantitative estimate of drug-likeness (QED) is 0.921. The molecule has 0 spiro atoms. The summed E-state index contributed by atoms with van der Waals surface area (Å²) in [5.41, 5.74) is 2.53. The first-order valence-corrected chi connectivity index (χ1v) is 8.48. The van der Waals surface area contributed by atoms with Crippen molar-refractivity contribution in [1.29, 1.82) is 0 Å². The van der Waals surface area contributed by atoms with Gasteiger partial charge in [-0.1, -0.05) is 19.8 Å². The zero-order valence-corrected chi connectivity index (χ0v) is 12.9. The molecule has 3 unspecified atom stereocenters. The van der Waals surface area contributed by atoms with Crippen molar-refractivity contribution in [2.24, 2.45) is 11.8 Å². The fourth-order valence-electron chi connectivity index (χ4n) is 4.28. The largest absolute Gasteiger partial charge is 0.481 e. The Morgan fingerprint density at radius 3 is 2.95 bits per heavy atom. The molecule has 1 aromatic rings. The van der Waals surface area contributed by atoms with Gasteiger partial charge in [-0.15, -0.1) is 0 Å². The molecule has 4 nitrogen and oxygen atoms in total. The monoisotopic (exact) mass is 290 g/mol. The van der Waals surface area contributed by atoms with Gasteiger partial charge >= 0.3 is 5.97 Å². The molecule has 3 rings (SSSR count). The van der Waals surface area contributed by atoms with Gasteiger partial charge in [0.25, 0.3) is 0 Å². The van der Waals surface area contributed by atoms with Crippen LogP contribution in [0.4, 0.5) is 0 Å². The highest BCUT2D eigenvalue weighted by molar-refractivity contribution is 5.70. The zero-order valence-electron chi connectivity index (χ0n) is 12.9. The van der Waals surface area contributed by atoms with Gasteiger partial charge in [-0.25, -0.2) is 4.98 Å². The van der Waals surface area contributed by atoms with Crippen molar-refractivity contribution in [3.63, 3.8) is 0 Å². The molecule has 1 saturated carbocycles. The van der Waals surface area contributed by atoms with Crippen LogP contribution in [0.1, 0.15) is 69.3 Å². The van der Waals surface area contributed by atoms with Crippen molar-refractivity contribution in [2.45, 2.75) is 70.8 Å². The predicted molar refractivity (Wildman–Crippen MR) is 81.3 cm³/mol. The number of imidazole rings is 1. The van der Waals surface area contributed by atoms with E-state index >= 15 is 0 Å². The number of carbonyl (C=O) groups is 1. The van der Waals surface area contributed by atoms with Crippen LogP contribution in [0.2, 0.25) is 0 Å². The van der Waals surface area contributed by atoms with Crippen LogP contribution in [0.15, 0.2) is 6.33 Å². The van der Waals surface area contributed by atoms with Gasteiger partial charge in [-0.05, 0) is 50.9 Å². The molecule has 0 amide bonds. The van der Waals surface area contributed by atoms with E-state index in [1.807, 2.05) is 6.33 Å². The number of carboxylic acid groups (broad SMARTS) is 1. The van der Waals surface area contributed by atoms with E-state index in [1.54, 1.807) is 0 Å². The average Bonchev–Trinajstić information content (AvgIpc) is 2.91. The van der Waals surface area contributed by atoms with Crippen molar-refractivity contribution < 1.29 is 9.90 Å². The maximum absolute atomic E-state index is 11.7. The number of aliphatic carboxylic acids is 1. The van der Waals surface area contributed by atoms with Crippen LogP contribution >= 0.6 is 0 Å². The molecule has 0 aliphatic heterocycles. The summed E-state index contributed by atoms with van der Waals surface area (Å²) in [7, 11) is 0. The van der Waals surface area contributed by atoms with Crippen molar-refractivity contribution in [3.05, 3.63) is 17.7 Å². The Balaban J connectivity index is 1.88. The predicted octanol–water partition coefficient (Wildman–Crippen LogP) is 3.60. The Labute approximate surface area is 126 Å². The highest BCUT2D eigenvalue weighted by atomic mass is 16.4. The standard InChI is InChI=1S/C17H26N2O2/c1-2-5-12-8-9-13(17(20)21)16(10-12)19-11-18-14-6-3-4-7-15(14)19/h11-13,16H,2-10H2,1H3,(H,20,21). The van der Waals surface area contributed by atoms with Crippen molar-refractivity contribution in [1.82, 2.24) is 9.55 Å². The number of nitrogens with zero attached hydrogens (tertiary/aromatic N) is 2. The first-order chi connectivity index (χ1) is 10.2. The van der Waals surface area contributed by atoms with Crippen LogP contribution in [-0.4, -0.2) is 20.6 Å². The Bertz CT molecular complexity index is 509. The molecule has 1 aromatic heterocycles. The molecule has 4 heteroatoms. The second kappa shape index (κ2) is 6.20. The van der Waals surface area contributed by atoms with E-state index in [0.29, 0.717) is 5.92 Å². The van der Waals surface area contributed by atoms with E-state index < -0.39 is 5.97 Å². The highest BCUT2D eigenvalue weighted by Gasteiger charge is 2.37. The van der Waals surface area contributed by atoms with Gasteiger partial charge in [0.15, 0.2) is 0 Å². The van der Waals surface area contributed by atoms with Gasteiger partial charge in [-0.2, -0.15) is 0 Å². The summed E-state index contributed by atoms with van der Waals surface area (Å²) in [5.74, 6) is -0.191. The second-order valence-corrected chi connectivity index (χ2v) is 6.73. The van der Waals surface area contributed by atoms with Gasteiger partial charge in [0, 0.05) is 11.7 Å².